The van der Waals surface area contributed by atoms with Crippen LogP contribution in [0.4, 0.5) is 0 Å². The number of aromatic nitrogens is 2. The lowest BCUT2D eigenvalue weighted by molar-refractivity contribution is -0.0289. The van der Waals surface area contributed by atoms with E-state index in [1.807, 2.05) is 4.57 Å². The van der Waals surface area contributed by atoms with E-state index in [9.17, 15) is 4.79 Å². The fourth-order valence-corrected chi connectivity index (χ4v) is 3.50. The summed E-state index contributed by atoms with van der Waals surface area (Å²) in [5.74, 6) is 0. The zero-order valence-electron chi connectivity index (χ0n) is 15.0. The molecule has 0 amide bonds. The third kappa shape index (κ3) is 3.35. The van der Waals surface area contributed by atoms with E-state index in [-0.39, 0.29) is 17.3 Å². The minimum atomic E-state index is -0.383. The highest BCUT2D eigenvalue weighted by Gasteiger charge is 2.30. The average molecular weight is 350 g/mol. The summed E-state index contributed by atoms with van der Waals surface area (Å²) in [6.45, 7) is 5.31. The van der Waals surface area contributed by atoms with Gasteiger partial charge in [0, 0.05) is 18.7 Å². The number of rotatable bonds is 4. The monoisotopic (exact) mass is 350 g/mol. The molecule has 5 heteroatoms. The molecule has 1 aliphatic carbocycles. The van der Waals surface area contributed by atoms with Crippen LogP contribution >= 0.6 is 0 Å². The molecule has 4 rings (SSSR count). The molecule has 134 valence electrons. The van der Waals surface area contributed by atoms with E-state index >= 15 is 0 Å². The molecule has 2 heterocycles. The Labute approximate surface area is 152 Å². The maximum atomic E-state index is 11.3. The van der Waals surface area contributed by atoms with Gasteiger partial charge in [0.25, 0.3) is 11.6 Å². The predicted molar refractivity (Wildman–Crippen MR) is 100 cm³/mol. The van der Waals surface area contributed by atoms with Crippen LogP contribution in [0.2, 0.25) is 0 Å². The Bertz CT molecular complexity index is 944. The van der Waals surface area contributed by atoms with Crippen molar-refractivity contribution in [3.8, 4) is 6.01 Å². The molecule has 1 unspecified atom stereocenters. The van der Waals surface area contributed by atoms with Crippen molar-refractivity contribution in [1.29, 1.82) is 0 Å². The third-order valence-corrected chi connectivity index (χ3v) is 4.90. The fraction of sp³-hybridized carbons (Fsp3) is 0.333. The summed E-state index contributed by atoms with van der Waals surface area (Å²) in [4.78, 5) is 15.2. The highest BCUT2D eigenvalue weighted by Crippen LogP contribution is 2.34. The summed E-state index contributed by atoms with van der Waals surface area (Å²) >= 11 is 0. The second kappa shape index (κ2) is 6.57. The summed E-state index contributed by atoms with van der Waals surface area (Å²) in [6.07, 6.45) is 8.71. The quantitative estimate of drug-likeness (QED) is 0.850. The highest BCUT2D eigenvalue weighted by molar-refractivity contribution is 5.71. The molecule has 1 aromatic carbocycles. The van der Waals surface area contributed by atoms with Gasteiger partial charge in [0.05, 0.1) is 18.8 Å². The van der Waals surface area contributed by atoms with Crippen LogP contribution in [0, 0.1) is 6.92 Å². The molecular formula is C21H22N2O3. The van der Waals surface area contributed by atoms with Gasteiger partial charge in [-0.25, -0.2) is 0 Å². The number of nitrogens with zero attached hydrogens (tertiary/aromatic N) is 2. The standard InChI is InChI=1S/C21H22N2O3/c1-15-6-3-4-8-18(15)16-7-5-10-21(2,12-16)25-14-17-13-23-11-9-19(24)22-20(23)26-17/h3-11,17H,12-14H2,1-2H3/t17-,21?/m0/s1. The molecule has 2 aromatic rings. The first-order valence-electron chi connectivity index (χ1n) is 8.85. The summed E-state index contributed by atoms with van der Waals surface area (Å²) in [7, 11) is 0. The molecule has 0 saturated carbocycles. The van der Waals surface area contributed by atoms with E-state index < -0.39 is 0 Å². The van der Waals surface area contributed by atoms with Crippen molar-refractivity contribution < 1.29 is 9.47 Å². The minimum absolute atomic E-state index is 0.137. The topological polar surface area (TPSA) is 53.4 Å². The highest BCUT2D eigenvalue weighted by atomic mass is 16.6. The number of hydrogen-bond donors (Lipinski definition) is 0. The second-order valence-corrected chi connectivity index (χ2v) is 7.11. The lowest BCUT2D eigenvalue weighted by Crippen LogP contribution is -2.33. The van der Waals surface area contributed by atoms with Crippen LogP contribution < -0.4 is 10.3 Å². The molecule has 26 heavy (non-hydrogen) atoms. The van der Waals surface area contributed by atoms with Crippen molar-refractivity contribution in [3.63, 3.8) is 0 Å². The van der Waals surface area contributed by atoms with Gasteiger partial charge >= 0.3 is 0 Å². The Morgan fingerprint density at radius 2 is 2.19 bits per heavy atom. The largest absolute Gasteiger partial charge is 0.457 e. The van der Waals surface area contributed by atoms with Crippen LogP contribution in [-0.2, 0) is 11.3 Å². The van der Waals surface area contributed by atoms with Crippen molar-refractivity contribution in [1.82, 2.24) is 9.55 Å². The Morgan fingerprint density at radius 1 is 1.35 bits per heavy atom. The Balaban J connectivity index is 1.42. The van der Waals surface area contributed by atoms with Gasteiger partial charge in [-0.05, 0) is 30.5 Å². The van der Waals surface area contributed by atoms with Crippen molar-refractivity contribution >= 4 is 5.57 Å². The van der Waals surface area contributed by atoms with Crippen LogP contribution in [0.25, 0.3) is 5.57 Å². The van der Waals surface area contributed by atoms with Gasteiger partial charge in [0.2, 0.25) is 0 Å². The summed E-state index contributed by atoms with van der Waals surface area (Å²) in [5, 5.41) is 0. The number of ether oxygens (including phenoxy) is 2. The molecule has 2 aliphatic rings. The van der Waals surface area contributed by atoms with Crippen LogP contribution in [0.5, 0.6) is 6.01 Å². The van der Waals surface area contributed by atoms with Gasteiger partial charge in [0.15, 0.2) is 0 Å². The lowest BCUT2D eigenvalue weighted by Gasteiger charge is -2.31. The molecule has 0 saturated heterocycles. The molecule has 0 spiro atoms. The predicted octanol–water partition coefficient (Wildman–Crippen LogP) is 3.13. The molecule has 0 fully saturated rings. The minimum Gasteiger partial charge on any atom is -0.457 e. The zero-order valence-corrected chi connectivity index (χ0v) is 15.0. The van der Waals surface area contributed by atoms with Gasteiger partial charge in [-0.2, -0.15) is 4.98 Å². The smallest absolute Gasteiger partial charge is 0.300 e. The van der Waals surface area contributed by atoms with Gasteiger partial charge < -0.3 is 9.47 Å². The van der Waals surface area contributed by atoms with Crippen LogP contribution in [0.3, 0.4) is 0 Å². The first-order chi connectivity index (χ1) is 12.5. The summed E-state index contributed by atoms with van der Waals surface area (Å²) in [5.41, 5.74) is 3.14. The molecule has 1 aliphatic heterocycles. The number of aryl methyl sites for hydroxylation is 1. The number of fused-ring (bicyclic) bond motifs is 1. The first-order valence-corrected chi connectivity index (χ1v) is 8.85. The van der Waals surface area contributed by atoms with Crippen LogP contribution in [-0.4, -0.2) is 27.9 Å². The van der Waals surface area contributed by atoms with Crippen molar-refractivity contribution in [3.05, 3.63) is 76.2 Å². The van der Waals surface area contributed by atoms with E-state index in [4.69, 9.17) is 9.47 Å². The lowest BCUT2D eigenvalue weighted by atomic mass is 9.86. The number of allylic oxidation sites excluding steroid dienone is 2. The molecule has 0 bridgehead atoms. The van der Waals surface area contributed by atoms with Gasteiger partial charge in [-0.3, -0.25) is 9.36 Å². The zero-order chi connectivity index (χ0) is 18.1. The Morgan fingerprint density at radius 3 is 3.04 bits per heavy atom. The van der Waals surface area contributed by atoms with Crippen molar-refractivity contribution in [2.75, 3.05) is 6.61 Å². The van der Waals surface area contributed by atoms with E-state index in [1.54, 1.807) is 6.20 Å². The maximum absolute atomic E-state index is 11.3. The Hall–Kier alpha value is -2.66. The van der Waals surface area contributed by atoms with E-state index in [1.165, 1.54) is 22.8 Å². The first kappa shape index (κ1) is 16.8. The third-order valence-electron chi connectivity index (χ3n) is 4.90. The normalized spacial score (nSPS) is 24.1. The summed E-state index contributed by atoms with van der Waals surface area (Å²) < 4.78 is 13.8. The molecule has 0 N–H and O–H groups in total. The van der Waals surface area contributed by atoms with Crippen LogP contribution in [0.1, 0.15) is 24.5 Å². The molecule has 5 nitrogen and oxygen atoms in total. The number of hydrogen-bond acceptors (Lipinski definition) is 4. The maximum Gasteiger partial charge on any atom is 0.300 e. The van der Waals surface area contributed by atoms with E-state index in [0.29, 0.717) is 19.2 Å². The van der Waals surface area contributed by atoms with Gasteiger partial charge in [-0.1, -0.05) is 42.5 Å². The molecule has 0 radical (unpaired) electrons. The van der Waals surface area contributed by atoms with Gasteiger partial charge in [-0.15, -0.1) is 0 Å². The second-order valence-electron chi connectivity index (χ2n) is 7.11. The van der Waals surface area contributed by atoms with Crippen LogP contribution in [0.15, 0.2) is 59.6 Å². The van der Waals surface area contributed by atoms with E-state index in [2.05, 4.69) is 61.3 Å². The van der Waals surface area contributed by atoms with Crippen molar-refractivity contribution in [2.24, 2.45) is 0 Å². The molecule has 2 atom stereocenters. The fourth-order valence-electron chi connectivity index (χ4n) is 3.50. The average Bonchev–Trinajstić information content (AvgIpc) is 3.03. The van der Waals surface area contributed by atoms with Crippen molar-refractivity contribution in [2.45, 2.75) is 38.5 Å². The number of benzene rings is 1. The van der Waals surface area contributed by atoms with Gasteiger partial charge in [0.1, 0.15) is 6.10 Å². The molecule has 1 aromatic heterocycles. The molecular weight excluding hydrogens is 328 g/mol. The van der Waals surface area contributed by atoms with E-state index in [0.717, 1.165) is 6.42 Å². The summed E-state index contributed by atoms with van der Waals surface area (Å²) in [6, 6.07) is 10.2. The SMILES string of the molecule is Cc1ccccc1C1=CC=CC(C)(OC[C@@H]2Cn3ccc(=O)nc3O2)C1. The Kier molecular flexibility index (Phi) is 4.24.